The van der Waals surface area contributed by atoms with Gasteiger partial charge < -0.3 is 5.11 Å². The molecule has 0 saturated carbocycles. The minimum Gasteiger partial charge on any atom is -0.387 e. The first-order valence-electron chi connectivity index (χ1n) is 5.21. The second-order valence-corrected chi connectivity index (χ2v) is 6.87. The van der Waals surface area contributed by atoms with Crippen molar-refractivity contribution in [2.45, 2.75) is 19.4 Å². The number of hydrogen-bond donors (Lipinski definition) is 1. The van der Waals surface area contributed by atoms with Gasteiger partial charge in [-0.3, -0.25) is 4.68 Å². The van der Waals surface area contributed by atoms with Crippen molar-refractivity contribution in [1.29, 1.82) is 0 Å². The normalized spacial score (nSPS) is 13.0. The first kappa shape index (κ1) is 14.3. The molecule has 2 aromatic heterocycles. The summed E-state index contributed by atoms with van der Waals surface area (Å²) in [5.41, 5.74) is 1.70. The lowest BCUT2D eigenvalue weighted by Gasteiger charge is -2.08. The Balaban J connectivity index is 2.23. The van der Waals surface area contributed by atoms with Crippen LogP contribution in [0.15, 0.2) is 10.5 Å². The highest BCUT2D eigenvalue weighted by molar-refractivity contribution is 9.10. The molecular formula is C11H11BrCl2N2OS. The van der Waals surface area contributed by atoms with Gasteiger partial charge in [-0.25, -0.2) is 0 Å². The molecule has 0 aliphatic carbocycles. The van der Waals surface area contributed by atoms with Gasteiger partial charge in [0.25, 0.3) is 0 Å². The largest absolute Gasteiger partial charge is 0.387 e. The van der Waals surface area contributed by atoms with Gasteiger partial charge in [-0.15, -0.1) is 11.3 Å². The molecule has 2 aromatic rings. The molecule has 2 heterocycles. The Morgan fingerprint density at radius 1 is 1.56 bits per heavy atom. The second kappa shape index (κ2) is 5.51. The molecule has 1 atom stereocenters. The smallest absolute Gasteiger partial charge is 0.130 e. The number of aryl methyl sites for hydroxylation is 2. The molecule has 1 unspecified atom stereocenters. The van der Waals surface area contributed by atoms with E-state index in [1.165, 1.54) is 11.3 Å². The second-order valence-electron chi connectivity index (χ2n) is 3.97. The van der Waals surface area contributed by atoms with E-state index >= 15 is 0 Å². The summed E-state index contributed by atoms with van der Waals surface area (Å²) in [6.07, 6.45) is -0.193. The topological polar surface area (TPSA) is 38.0 Å². The molecule has 0 spiro atoms. The molecule has 7 heteroatoms. The van der Waals surface area contributed by atoms with E-state index in [1.807, 2.05) is 13.0 Å². The molecule has 0 aromatic carbocycles. The minimum atomic E-state index is -0.626. The summed E-state index contributed by atoms with van der Waals surface area (Å²) in [6, 6.07) is 1.83. The highest BCUT2D eigenvalue weighted by Gasteiger charge is 2.19. The highest BCUT2D eigenvalue weighted by Crippen LogP contribution is 2.37. The van der Waals surface area contributed by atoms with Crippen LogP contribution in [-0.4, -0.2) is 14.9 Å². The predicted octanol–water partition coefficient (Wildman–Crippen LogP) is 4.14. The van der Waals surface area contributed by atoms with Gasteiger partial charge in [-0.05, 0) is 28.9 Å². The van der Waals surface area contributed by atoms with Crippen molar-refractivity contribution in [3.05, 3.63) is 36.2 Å². The van der Waals surface area contributed by atoms with E-state index in [1.54, 1.807) is 11.7 Å². The summed E-state index contributed by atoms with van der Waals surface area (Å²) in [5.74, 6) is 0. The van der Waals surface area contributed by atoms with Crippen molar-refractivity contribution in [3.8, 4) is 0 Å². The van der Waals surface area contributed by atoms with Crippen LogP contribution in [0.5, 0.6) is 0 Å². The molecule has 0 fully saturated rings. The maximum absolute atomic E-state index is 10.2. The monoisotopic (exact) mass is 368 g/mol. The third-order valence-electron chi connectivity index (χ3n) is 2.66. The summed E-state index contributed by atoms with van der Waals surface area (Å²) in [5, 5.41) is 15.0. The highest BCUT2D eigenvalue weighted by atomic mass is 79.9. The molecule has 0 aliphatic rings. The Kier molecular flexibility index (Phi) is 4.39. The number of rotatable bonds is 3. The lowest BCUT2D eigenvalue weighted by atomic mass is 10.1. The lowest BCUT2D eigenvalue weighted by Crippen LogP contribution is -2.00. The number of halogens is 3. The maximum atomic E-state index is 10.2. The fraction of sp³-hybridized carbons (Fsp3) is 0.364. The van der Waals surface area contributed by atoms with Crippen molar-refractivity contribution < 1.29 is 5.11 Å². The quantitative estimate of drug-likeness (QED) is 0.882. The maximum Gasteiger partial charge on any atom is 0.130 e. The van der Waals surface area contributed by atoms with Crippen molar-refractivity contribution >= 4 is 50.5 Å². The molecule has 18 heavy (non-hydrogen) atoms. The Morgan fingerprint density at radius 3 is 2.67 bits per heavy atom. The number of hydrogen-bond acceptors (Lipinski definition) is 3. The minimum absolute atomic E-state index is 0.432. The standard InChI is InChI=1S/C11H11BrCl2N2OS/c1-5-6(10(13)16(2)15-5)3-8(17)9-4-7(12)11(14)18-9/h4,8,17H,3H2,1-2H3. The third kappa shape index (κ3) is 2.75. The molecule has 0 amide bonds. The lowest BCUT2D eigenvalue weighted by molar-refractivity contribution is 0.182. The van der Waals surface area contributed by atoms with Gasteiger partial charge in [-0.2, -0.15) is 5.10 Å². The Hall–Kier alpha value is -0.0700. The Bertz CT molecular complexity index is 562. The van der Waals surface area contributed by atoms with E-state index in [9.17, 15) is 5.11 Å². The molecule has 1 N–H and O–H groups in total. The van der Waals surface area contributed by atoms with Gasteiger partial charge >= 0.3 is 0 Å². The van der Waals surface area contributed by atoms with Crippen LogP contribution in [0.2, 0.25) is 9.49 Å². The molecule has 0 radical (unpaired) electrons. The third-order valence-corrected chi connectivity index (χ3v) is 5.71. The molecule has 0 bridgehead atoms. The molecule has 0 aliphatic heterocycles. The predicted molar refractivity (Wildman–Crippen MR) is 78.6 cm³/mol. The van der Waals surface area contributed by atoms with Crippen LogP contribution >= 0.6 is 50.5 Å². The van der Waals surface area contributed by atoms with E-state index in [0.717, 1.165) is 20.6 Å². The van der Waals surface area contributed by atoms with E-state index in [0.29, 0.717) is 15.9 Å². The van der Waals surface area contributed by atoms with Crippen molar-refractivity contribution in [2.24, 2.45) is 7.05 Å². The summed E-state index contributed by atoms with van der Waals surface area (Å²) in [7, 11) is 1.78. The molecule has 98 valence electrons. The summed E-state index contributed by atoms with van der Waals surface area (Å²) >= 11 is 16.8. The van der Waals surface area contributed by atoms with Crippen molar-refractivity contribution in [2.75, 3.05) is 0 Å². The van der Waals surface area contributed by atoms with Crippen LogP contribution in [0.25, 0.3) is 0 Å². The number of nitrogens with zero attached hydrogens (tertiary/aromatic N) is 2. The van der Waals surface area contributed by atoms with Crippen molar-refractivity contribution in [3.63, 3.8) is 0 Å². The van der Waals surface area contributed by atoms with Gasteiger partial charge in [0.2, 0.25) is 0 Å². The van der Waals surface area contributed by atoms with Crippen LogP contribution in [0, 0.1) is 6.92 Å². The number of thiophene rings is 1. The Morgan fingerprint density at radius 2 is 2.22 bits per heavy atom. The first-order valence-corrected chi connectivity index (χ1v) is 7.57. The van der Waals surface area contributed by atoms with Gasteiger partial charge in [0, 0.05) is 28.4 Å². The van der Waals surface area contributed by atoms with Crippen LogP contribution in [0.1, 0.15) is 22.2 Å². The van der Waals surface area contributed by atoms with Gasteiger partial charge in [-0.1, -0.05) is 23.2 Å². The Labute approximate surface area is 127 Å². The van der Waals surface area contributed by atoms with Gasteiger partial charge in [0.05, 0.1) is 11.8 Å². The molecule has 0 saturated heterocycles. The number of aromatic nitrogens is 2. The van der Waals surface area contributed by atoms with Crippen molar-refractivity contribution in [1.82, 2.24) is 9.78 Å². The van der Waals surface area contributed by atoms with E-state index in [2.05, 4.69) is 21.0 Å². The fourth-order valence-corrected chi connectivity index (χ4v) is 3.70. The van der Waals surface area contributed by atoms with E-state index in [-0.39, 0.29) is 0 Å². The van der Waals surface area contributed by atoms with Crippen LogP contribution in [0.3, 0.4) is 0 Å². The fourth-order valence-electron chi connectivity index (χ4n) is 1.73. The zero-order valence-corrected chi connectivity index (χ0v) is 13.7. The van der Waals surface area contributed by atoms with E-state index < -0.39 is 6.10 Å². The van der Waals surface area contributed by atoms with E-state index in [4.69, 9.17) is 23.2 Å². The zero-order valence-electron chi connectivity index (χ0n) is 9.75. The average Bonchev–Trinajstić information content (AvgIpc) is 2.75. The number of aliphatic hydroxyl groups is 1. The first-order chi connectivity index (χ1) is 8.40. The van der Waals surface area contributed by atoms with Crippen LogP contribution in [-0.2, 0) is 13.5 Å². The molecule has 2 rings (SSSR count). The molecular weight excluding hydrogens is 359 g/mol. The zero-order chi connectivity index (χ0) is 13.4. The summed E-state index contributed by atoms with van der Waals surface area (Å²) in [6.45, 7) is 1.88. The van der Waals surface area contributed by atoms with Gasteiger partial charge in [0.1, 0.15) is 9.49 Å². The summed E-state index contributed by atoms with van der Waals surface area (Å²) < 4.78 is 3.05. The SMILES string of the molecule is Cc1nn(C)c(Cl)c1CC(O)c1cc(Br)c(Cl)s1. The molecule has 3 nitrogen and oxygen atoms in total. The number of aliphatic hydroxyl groups excluding tert-OH is 1. The van der Waals surface area contributed by atoms with Crippen LogP contribution < -0.4 is 0 Å². The van der Waals surface area contributed by atoms with Crippen LogP contribution in [0.4, 0.5) is 0 Å². The average molecular weight is 370 g/mol. The summed E-state index contributed by atoms with van der Waals surface area (Å²) in [4.78, 5) is 0.811. The van der Waals surface area contributed by atoms with Gasteiger partial charge in [0.15, 0.2) is 0 Å².